The van der Waals surface area contributed by atoms with Crippen molar-refractivity contribution in [2.24, 2.45) is 0 Å². The lowest BCUT2D eigenvalue weighted by Gasteiger charge is -2.34. The maximum atomic E-state index is 11.7. The van der Waals surface area contributed by atoms with Crippen LogP contribution in [0.1, 0.15) is 26.2 Å². The quantitative estimate of drug-likeness (QED) is 0.344. The lowest BCUT2D eigenvalue weighted by Crippen LogP contribution is -2.55. The van der Waals surface area contributed by atoms with E-state index in [1.807, 2.05) is 0 Å². The van der Waals surface area contributed by atoms with Crippen molar-refractivity contribution in [2.45, 2.75) is 63.0 Å². The van der Waals surface area contributed by atoms with E-state index in [4.69, 9.17) is 19.3 Å². The predicted molar refractivity (Wildman–Crippen MR) is 71.2 cm³/mol. The number of aliphatic hydroxyl groups excluding tert-OH is 3. The summed E-state index contributed by atoms with van der Waals surface area (Å²) in [5.41, 5.74) is 0. The Balaban J connectivity index is 1.78. The minimum absolute atomic E-state index is 0.173. The first-order valence-electron chi connectivity index (χ1n) is 7.17. The molecule has 2 heterocycles. The van der Waals surface area contributed by atoms with Gasteiger partial charge in [0, 0.05) is 6.08 Å². The summed E-state index contributed by atoms with van der Waals surface area (Å²) in [6.45, 7) is 1.88. The fraction of sp³-hybridized carbons (Fsp3) is 0.786. The molecule has 2 fully saturated rings. The third kappa shape index (κ3) is 4.24. The standard InChI is InChI=1S/C14H22O7/c1-8(15)5-3-2-4-6-10(16)21-13-11(17)9-7-19-14(20-9)12(13)18/h4,6,8-9,11-15,17-18H,2-3,5,7H2,1H3/b6-4+/t8-,9+,11+,12-,13-,14+/m1/s1. The Kier molecular flexibility index (Phi) is 5.72. The smallest absolute Gasteiger partial charge is 0.330 e. The van der Waals surface area contributed by atoms with Gasteiger partial charge < -0.3 is 29.5 Å². The summed E-state index contributed by atoms with van der Waals surface area (Å²) in [4.78, 5) is 11.7. The SMILES string of the molecule is C[C@@H](O)CCC/C=C/C(=O)O[C@@H]1[C@@H](O)[C@@H]2CO[C@@H](O2)[C@@H]1O. The molecule has 0 saturated carbocycles. The van der Waals surface area contributed by atoms with E-state index in [0.29, 0.717) is 12.8 Å². The van der Waals surface area contributed by atoms with E-state index in [1.165, 1.54) is 6.08 Å². The highest BCUT2D eigenvalue weighted by Gasteiger charge is 2.51. The van der Waals surface area contributed by atoms with Gasteiger partial charge in [-0.05, 0) is 26.2 Å². The van der Waals surface area contributed by atoms with Crippen molar-refractivity contribution in [3.8, 4) is 0 Å². The van der Waals surface area contributed by atoms with Crippen LogP contribution in [0.5, 0.6) is 0 Å². The minimum atomic E-state index is -1.20. The van der Waals surface area contributed by atoms with Gasteiger partial charge >= 0.3 is 5.97 Å². The van der Waals surface area contributed by atoms with Crippen LogP contribution < -0.4 is 0 Å². The summed E-state index contributed by atoms with van der Waals surface area (Å²) in [5.74, 6) is -0.628. The van der Waals surface area contributed by atoms with Crippen molar-refractivity contribution in [2.75, 3.05) is 6.61 Å². The molecule has 2 aliphatic heterocycles. The Hall–Kier alpha value is -0.990. The molecule has 2 saturated heterocycles. The third-order valence-corrected chi connectivity index (χ3v) is 3.57. The number of ether oxygens (including phenoxy) is 3. The number of esters is 1. The molecule has 0 unspecified atom stereocenters. The predicted octanol–water partition coefficient (Wildman–Crippen LogP) is -0.518. The summed E-state index contributed by atoms with van der Waals surface area (Å²) >= 11 is 0. The maximum absolute atomic E-state index is 11.7. The van der Waals surface area contributed by atoms with Crippen LogP contribution in [0.25, 0.3) is 0 Å². The minimum Gasteiger partial charge on any atom is -0.453 e. The summed E-state index contributed by atoms with van der Waals surface area (Å²) < 4.78 is 15.4. The molecular formula is C14H22O7. The second-order valence-corrected chi connectivity index (χ2v) is 5.44. The van der Waals surface area contributed by atoms with Crippen molar-refractivity contribution in [1.82, 2.24) is 0 Å². The van der Waals surface area contributed by atoms with E-state index in [1.54, 1.807) is 13.0 Å². The Bertz CT molecular complexity index is 366. The van der Waals surface area contributed by atoms with Crippen LogP contribution in [-0.2, 0) is 19.0 Å². The maximum Gasteiger partial charge on any atom is 0.330 e. The summed E-state index contributed by atoms with van der Waals surface area (Å²) in [7, 11) is 0. The summed E-state index contributed by atoms with van der Waals surface area (Å²) in [5, 5.41) is 29.0. The number of rotatable bonds is 6. The molecular weight excluding hydrogens is 280 g/mol. The molecule has 3 N–H and O–H groups in total. The molecule has 0 aromatic rings. The average molecular weight is 302 g/mol. The normalized spacial score (nSPS) is 36.9. The van der Waals surface area contributed by atoms with Gasteiger partial charge in [0.2, 0.25) is 0 Å². The van der Waals surface area contributed by atoms with Crippen molar-refractivity contribution < 1.29 is 34.3 Å². The molecule has 2 bridgehead atoms. The largest absolute Gasteiger partial charge is 0.453 e. The van der Waals surface area contributed by atoms with E-state index in [-0.39, 0.29) is 12.7 Å². The van der Waals surface area contributed by atoms with Crippen molar-refractivity contribution in [3.05, 3.63) is 12.2 Å². The Labute approximate surface area is 123 Å². The molecule has 0 radical (unpaired) electrons. The lowest BCUT2D eigenvalue weighted by molar-refractivity contribution is -0.236. The van der Waals surface area contributed by atoms with Crippen LogP contribution in [0.15, 0.2) is 12.2 Å². The van der Waals surface area contributed by atoms with Crippen LogP contribution >= 0.6 is 0 Å². The Morgan fingerprint density at radius 3 is 2.90 bits per heavy atom. The van der Waals surface area contributed by atoms with E-state index in [9.17, 15) is 15.0 Å². The number of hydrogen-bond acceptors (Lipinski definition) is 7. The monoisotopic (exact) mass is 302 g/mol. The van der Waals surface area contributed by atoms with Gasteiger partial charge in [-0.25, -0.2) is 4.79 Å². The van der Waals surface area contributed by atoms with E-state index in [2.05, 4.69) is 0 Å². The van der Waals surface area contributed by atoms with Gasteiger partial charge in [0.25, 0.3) is 0 Å². The van der Waals surface area contributed by atoms with Gasteiger partial charge in [-0.1, -0.05) is 6.08 Å². The van der Waals surface area contributed by atoms with E-state index in [0.717, 1.165) is 6.42 Å². The van der Waals surface area contributed by atoms with Gasteiger partial charge in [0.1, 0.15) is 18.3 Å². The Morgan fingerprint density at radius 2 is 2.19 bits per heavy atom. The number of allylic oxidation sites excluding steroid dienone is 1. The van der Waals surface area contributed by atoms with Crippen LogP contribution in [-0.4, -0.2) is 64.7 Å². The third-order valence-electron chi connectivity index (χ3n) is 3.57. The first-order valence-corrected chi connectivity index (χ1v) is 7.17. The lowest BCUT2D eigenvalue weighted by atomic mass is 10.0. The summed E-state index contributed by atoms with van der Waals surface area (Å²) in [6.07, 6.45) is -0.158. The van der Waals surface area contributed by atoms with Gasteiger partial charge in [0.05, 0.1) is 12.7 Å². The van der Waals surface area contributed by atoms with Crippen LogP contribution in [0.3, 0.4) is 0 Å². The molecule has 0 spiro atoms. The summed E-state index contributed by atoms with van der Waals surface area (Å²) in [6, 6.07) is 0. The molecule has 7 nitrogen and oxygen atoms in total. The fourth-order valence-corrected chi connectivity index (χ4v) is 2.39. The number of carbonyl (C=O) groups is 1. The van der Waals surface area contributed by atoms with E-state index >= 15 is 0 Å². The topological polar surface area (TPSA) is 105 Å². The zero-order chi connectivity index (χ0) is 15.4. The van der Waals surface area contributed by atoms with E-state index < -0.39 is 36.7 Å². The van der Waals surface area contributed by atoms with Crippen LogP contribution in [0, 0.1) is 0 Å². The van der Waals surface area contributed by atoms with Gasteiger partial charge in [-0.2, -0.15) is 0 Å². The first kappa shape index (κ1) is 16.4. The van der Waals surface area contributed by atoms with Gasteiger partial charge in [-0.15, -0.1) is 0 Å². The average Bonchev–Trinajstić information content (AvgIpc) is 2.88. The molecule has 0 aliphatic carbocycles. The Morgan fingerprint density at radius 1 is 1.43 bits per heavy atom. The molecule has 7 heteroatoms. The second kappa shape index (κ2) is 7.33. The molecule has 6 atom stereocenters. The van der Waals surface area contributed by atoms with Crippen molar-refractivity contribution in [1.29, 1.82) is 0 Å². The molecule has 2 rings (SSSR count). The number of carbonyl (C=O) groups excluding carboxylic acids is 1. The molecule has 0 amide bonds. The van der Waals surface area contributed by atoms with Gasteiger partial charge in [-0.3, -0.25) is 0 Å². The number of fused-ring (bicyclic) bond motifs is 2. The number of hydrogen-bond donors (Lipinski definition) is 3. The zero-order valence-corrected chi connectivity index (χ0v) is 11.9. The van der Waals surface area contributed by atoms with Crippen LogP contribution in [0.4, 0.5) is 0 Å². The number of aliphatic hydroxyl groups is 3. The highest BCUT2D eigenvalue weighted by molar-refractivity contribution is 5.82. The molecule has 2 aliphatic rings. The highest BCUT2D eigenvalue weighted by Crippen LogP contribution is 2.29. The van der Waals surface area contributed by atoms with Crippen molar-refractivity contribution in [3.63, 3.8) is 0 Å². The molecule has 21 heavy (non-hydrogen) atoms. The highest BCUT2D eigenvalue weighted by atomic mass is 16.7. The fourth-order valence-electron chi connectivity index (χ4n) is 2.39. The molecule has 0 aromatic carbocycles. The van der Waals surface area contributed by atoms with Crippen LogP contribution in [0.2, 0.25) is 0 Å². The van der Waals surface area contributed by atoms with Crippen molar-refractivity contribution >= 4 is 5.97 Å². The number of unbranched alkanes of at least 4 members (excludes halogenated alkanes) is 1. The second-order valence-electron chi connectivity index (χ2n) is 5.44. The molecule has 120 valence electrons. The first-order chi connectivity index (χ1) is 9.99. The zero-order valence-electron chi connectivity index (χ0n) is 11.9. The molecule has 0 aromatic heterocycles. The van der Waals surface area contributed by atoms with Gasteiger partial charge in [0.15, 0.2) is 12.4 Å².